The number of aliphatic hydroxyl groups excluding tert-OH is 1. The third-order valence-corrected chi connectivity index (χ3v) is 2.95. The van der Waals surface area contributed by atoms with E-state index in [0.717, 1.165) is 5.39 Å². The number of aliphatic hydroxyl groups is 1. The molecule has 104 valence electrons. The molecule has 0 aliphatic carbocycles. The van der Waals surface area contributed by atoms with Crippen LogP contribution in [0.4, 0.5) is 0 Å². The van der Waals surface area contributed by atoms with Gasteiger partial charge in [-0.15, -0.1) is 0 Å². The number of hydrogen-bond acceptors (Lipinski definition) is 4. The van der Waals surface area contributed by atoms with E-state index in [1.165, 1.54) is 6.07 Å². The summed E-state index contributed by atoms with van der Waals surface area (Å²) in [5.74, 6) is -2.01. The van der Waals surface area contributed by atoms with Crippen molar-refractivity contribution in [2.24, 2.45) is 0 Å². The first kappa shape index (κ1) is 14.2. The second-order valence-corrected chi connectivity index (χ2v) is 4.48. The number of hydrogen-bond donors (Lipinski definition) is 3. The Labute approximate surface area is 119 Å². The number of carbonyl (C=O) groups is 2. The number of amides is 1. The Hall–Kier alpha value is -2.18. The van der Waals surface area contributed by atoms with Gasteiger partial charge in [-0.1, -0.05) is 29.8 Å². The molecule has 0 radical (unpaired) electrons. The number of rotatable bonds is 4. The summed E-state index contributed by atoms with van der Waals surface area (Å²) in [4.78, 5) is 26.4. The average molecular weight is 295 g/mol. The van der Waals surface area contributed by atoms with Crippen molar-refractivity contribution in [3.8, 4) is 0 Å². The summed E-state index contributed by atoms with van der Waals surface area (Å²) in [6.07, 6.45) is -1.66. The Kier molecular flexibility index (Phi) is 4.16. The lowest BCUT2D eigenvalue weighted by Gasteiger charge is -2.08. The van der Waals surface area contributed by atoms with E-state index in [2.05, 4.69) is 10.3 Å². The lowest BCUT2D eigenvalue weighted by Crippen LogP contribution is -2.36. The number of pyridine rings is 1. The van der Waals surface area contributed by atoms with Crippen molar-refractivity contribution in [3.63, 3.8) is 0 Å². The number of nitrogens with zero attached hydrogens (tertiary/aromatic N) is 1. The maximum absolute atomic E-state index is 11.8. The predicted octanol–water partition coefficient (Wildman–Crippen LogP) is 1.06. The summed E-state index contributed by atoms with van der Waals surface area (Å²) in [5.41, 5.74) is 0.621. The molecular formula is C13H11ClN2O4. The number of aliphatic carboxylic acids is 1. The van der Waals surface area contributed by atoms with E-state index in [9.17, 15) is 9.59 Å². The van der Waals surface area contributed by atoms with E-state index in [1.54, 1.807) is 24.3 Å². The van der Waals surface area contributed by atoms with E-state index < -0.39 is 24.5 Å². The highest BCUT2D eigenvalue weighted by atomic mass is 35.5. The van der Waals surface area contributed by atoms with Gasteiger partial charge >= 0.3 is 5.97 Å². The van der Waals surface area contributed by atoms with Crippen molar-refractivity contribution < 1.29 is 19.8 Å². The van der Waals surface area contributed by atoms with E-state index >= 15 is 0 Å². The van der Waals surface area contributed by atoms with Crippen molar-refractivity contribution in [2.45, 2.75) is 6.10 Å². The highest BCUT2D eigenvalue weighted by Crippen LogP contribution is 2.22. The number of fused-ring (bicyclic) bond motifs is 1. The Balaban J connectivity index is 2.20. The van der Waals surface area contributed by atoms with Gasteiger partial charge in [0.2, 0.25) is 0 Å². The summed E-state index contributed by atoms with van der Waals surface area (Å²) < 4.78 is 0. The molecule has 2 aromatic rings. The Bertz CT molecular complexity index is 674. The summed E-state index contributed by atoms with van der Waals surface area (Å²) in [5, 5.41) is 21.0. The number of carbonyl (C=O) groups excluding carboxylic acids is 1. The van der Waals surface area contributed by atoms with Gasteiger partial charge in [-0.3, -0.25) is 4.79 Å². The first-order valence-corrected chi connectivity index (χ1v) is 6.11. The van der Waals surface area contributed by atoms with Crippen molar-refractivity contribution in [2.75, 3.05) is 6.54 Å². The fourth-order valence-corrected chi connectivity index (χ4v) is 1.88. The molecule has 1 aromatic heterocycles. The number of halogens is 1. The molecule has 0 aliphatic rings. The largest absolute Gasteiger partial charge is 0.479 e. The maximum Gasteiger partial charge on any atom is 0.334 e. The highest BCUT2D eigenvalue weighted by Gasteiger charge is 2.16. The molecular weight excluding hydrogens is 284 g/mol. The summed E-state index contributed by atoms with van der Waals surface area (Å²) in [6, 6.07) is 8.46. The zero-order chi connectivity index (χ0) is 14.7. The molecule has 0 unspecified atom stereocenters. The molecule has 0 fully saturated rings. The van der Waals surface area contributed by atoms with Crippen molar-refractivity contribution in [1.82, 2.24) is 10.3 Å². The average Bonchev–Trinajstić information content (AvgIpc) is 2.44. The standard InChI is InChI=1S/C13H11ClN2O4/c14-8-5-10(12(18)15-6-11(17)13(19)20)16-9-4-2-1-3-7(8)9/h1-5,11,17H,6H2,(H,15,18)(H,19,20)/t11-/m0/s1. The van der Waals surface area contributed by atoms with Crippen LogP contribution in [-0.2, 0) is 4.79 Å². The van der Waals surface area contributed by atoms with E-state index in [0.29, 0.717) is 10.5 Å². The quantitative estimate of drug-likeness (QED) is 0.783. The fourth-order valence-electron chi connectivity index (χ4n) is 1.62. The number of para-hydroxylation sites is 1. The number of nitrogens with one attached hydrogen (secondary N) is 1. The van der Waals surface area contributed by atoms with Crippen molar-refractivity contribution in [3.05, 3.63) is 41.0 Å². The van der Waals surface area contributed by atoms with Gasteiger partial charge < -0.3 is 15.5 Å². The van der Waals surface area contributed by atoms with Gasteiger partial charge in [0.15, 0.2) is 6.10 Å². The molecule has 1 aromatic carbocycles. The van der Waals surface area contributed by atoms with Gasteiger partial charge in [0.05, 0.1) is 17.1 Å². The van der Waals surface area contributed by atoms with E-state index in [1.807, 2.05) is 0 Å². The Morgan fingerprint density at radius 1 is 1.35 bits per heavy atom. The lowest BCUT2D eigenvalue weighted by atomic mass is 10.2. The maximum atomic E-state index is 11.8. The molecule has 2 rings (SSSR count). The SMILES string of the molecule is O=C(NC[C@H](O)C(=O)O)c1cc(Cl)c2ccccc2n1. The topological polar surface area (TPSA) is 99.5 Å². The van der Waals surface area contributed by atoms with Crippen molar-refractivity contribution >= 4 is 34.4 Å². The van der Waals surface area contributed by atoms with Crippen LogP contribution in [0.25, 0.3) is 10.9 Å². The minimum atomic E-state index is -1.66. The van der Waals surface area contributed by atoms with Gasteiger partial charge in [0, 0.05) is 5.39 Å². The third kappa shape index (κ3) is 3.04. The number of aromatic nitrogens is 1. The highest BCUT2D eigenvalue weighted by molar-refractivity contribution is 6.35. The summed E-state index contributed by atoms with van der Waals surface area (Å²) in [6.45, 7) is -0.402. The van der Waals surface area contributed by atoms with Crippen LogP contribution in [0.1, 0.15) is 10.5 Å². The third-order valence-electron chi connectivity index (χ3n) is 2.64. The summed E-state index contributed by atoms with van der Waals surface area (Å²) >= 11 is 6.06. The molecule has 1 atom stereocenters. The van der Waals surface area contributed by atoms with Crippen LogP contribution in [0.5, 0.6) is 0 Å². The van der Waals surface area contributed by atoms with Gasteiger partial charge in [-0.25, -0.2) is 9.78 Å². The van der Waals surface area contributed by atoms with Crippen LogP contribution in [0.15, 0.2) is 30.3 Å². The van der Waals surface area contributed by atoms with E-state index in [4.69, 9.17) is 21.8 Å². The van der Waals surface area contributed by atoms with Gasteiger partial charge in [-0.2, -0.15) is 0 Å². The molecule has 1 amide bonds. The minimum Gasteiger partial charge on any atom is -0.479 e. The molecule has 0 spiro atoms. The van der Waals surface area contributed by atoms with Gasteiger partial charge in [-0.05, 0) is 12.1 Å². The molecule has 0 aliphatic heterocycles. The molecule has 3 N–H and O–H groups in total. The predicted molar refractivity (Wildman–Crippen MR) is 72.7 cm³/mol. The monoisotopic (exact) mass is 294 g/mol. The second-order valence-electron chi connectivity index (χ2n) is 4.07. The Morgan fingerprint density at radius 3 is 2.75 bits per heavy atom. The molecule has 20 heavy (non-hydrogen) atoms. The Morgan fingerprint density at radius 2 is 2.05 bits per heavy atom. The van der Waals surface area contributed by atoms with Gasteiger partial charge in [0.1, 0.15) is 5.69 Å². The first-order valence-electron chi connectivity index (χ1n) is 5.73. The van der Waals surface area contributed by atoms with Crippen LogP contribution < -0.4 is 5.32 Å². The molecule has 0 saturated heterocycles. The van der Waals surface area contributed by atoms with Crippen LogP contribution in [-0.4, -0.2) is 39.7 Å². The van der Waals surface area contributed by atoms with Crippen LogP contribution in [0, 0.1) is 0 Å². The zero-order valence-corrected chi connectivity index (χ0v) is 11.0. The zero-order valence-electron chi connectivity index (χ0n) is 10.2. The van der Waals surface area contributed by atoms with Crippen LogP contribution in [0.3, 0.4) is 0 Å². The number of carboxylic acids is 1. The van der Waals surface area contributed by atoms with Crippen molar-refractivity contribution in [1.29, 1.82) is 0 Å². The summed E-state index contributed by atoms with van der Waals surface area (Å²) in [7, 11) is 0. The molecule has 6 nitrogen and oxygen atoms in total. The molecule has 1 heterocycles. The first-order chi connectivity index (χ1) is 9.49. The molecule has 7 heteroatoms. The number of carboxylic acid groups (broad SMARTS) is 1. The smallest absolute Gasteiger partial charge is 0.334 e. The lowest BCUT2D eigenvalue weighted by molar-refractivity contribution is -0.146. The fraction of sp³-hybridized carbons (Fsp3) is 0.154. The second kappa shape index (κ2) is 5.85. The van der Waals surface area contributed by atoms with Crippen LogP contribution in [0.2, 0.25) is 5.02 Å². The van der Waals surface area contributed by atoms with Crippen LogP contribution >= 0.6 is 11.6 Å². The van der Waals surface area contributed by atoms with E-state index in [-0.39, 0.29) is 5.69 Å². The van der Waals surface area contributed by atoms with Gasteiger partial charge in [0.25, 0.3) is 5.91 Å². The molecule has 0 bridgehead atoms. The normalized spacial score (nSPS) is 12.1. The molecule has 0 saturated carbocycles. The number of benzene rings is 1. The minimum absolute atomic E-state index is 0.0614.